The van der Waals surface area contributed by atoms with Gasteiger partial charge in [-0.3, -0.25) is 0 Å². The zero-order valence-electron chi connectivity index (χ0n) is 10.9. The molecule has 3 nitrogen and oxygen atoms in total. The molecule has 2 rings (SSSR count). The molecule has 1 saturated heterocycles. The van der Waals surface area contributed by atoms with E-state index in [4.69, 9.17) is 0 Å². The fourth-order valence-corrected chi connectivity index (χ4v) is 3.72. The van der Waals surface area contributed by atoms with E-state index in [9.17, 15) is 8.42 Å². The van der Waals surface area contributed by atoms with Crippen LogP contribution in [0, 0.1) is 0 Å². The van der Waals surface area contributed by atoms with Crippen LogP contribution in [-0.2, 0) is 10.0 Å². The summed E-state index contributed by atoms with van der Waals surface area (Å²) in [6, 6.07) is 10.3. The van der Waals surface area contributed by atoms with E-state index in [0.717, 1.165) is 19.3 Å². The monoisotopic (exact) mass is 267 g/mol. The summed E-state index contributed by atoms with van der Waals surface area (Å²) in [5.74, 6) is 0.546. The second kappa shape index (κ2) is 5.85. The van der Waals surface area contributed by atoms with Crippen LogP contribution in [0.2, 0.25) is 0 Å². The van der Waals surface area contributed by atoms with Crippen LogP contribution in [0.5, 0.6) is 0 Å². The highest BCUT2D eigenvalue weighted by atomic mass is 32.2. The van der Waals surface area contributed by atoms with Gasteiger partial charge in [-0.2, -0.15) is 0 Å². The fraction of sp³-hybridized carbons (Fsp3) is 0.571. The van der Waals surface area contributed by atoms with Gasteiger partial charge in [0.1, 0.15) is 0 Å². The Morgan fingerprint density at radius 3 is 2.61 bits per heavy atom. The molecule has 1 unspecified atom stereocenters. The van der Waals surface area contributed by atoms with Gasteiger partial charge in [0.05, 0.1) is 5.75 Å². The van der Waals surface area contributed by atoms with Crippen LogP contribution in [0.4, 0.5) is 0 Å². The maximum absolute atomic E-state index is 12.0. The molecular formula is C14H21NO2S. The first-order valence-corrected chi connectivity index (χ1v) is 8.27. The van der Waals surface area contributed by atoms with Gasteiger partial charge >= 0.3 is 0 Å². The molecule has 0 N–H and O–H groups in total. The summed E-state index contributed by atoms with van der Waals surface area (Å²) in [6.45, 7) is 3.04. The normalized spacial score (nSPS) is 22.6. The lowest BCUT2D eigenvalue weighted by Crippen LogP contribution is -2.35. The van der Waals surface area contributed by atoms with Crippen LogP contribution >= 0.6 is 0 Å². The van der Waals surface area contributed by atoms with Crippen molar-refractivity contribution in [2.75, 3.05) is 18.8 Å². The van der Waals surface area contributed by atoms with Gasteiger partial charge in [-0.05, 0) is 31.2 Å². The zero-order valence-corrected chi connectivity index (χ0v) is 11.7. The number of benzene rings is 1. The lowest BCUT2D eigenvalue weighted by atomic mass is 9.95. The Labute approximate surface area is 110 Å². The average Bonchev–Trinajstić information content (AvgIpc) is 2.66. The Hall–Kier alpha value is -0.870. The van der Waals surface area contributed by atoms with Gasteiger partial charge in [-0.25, -0.2) is 12.7 Å². The number of hydrogen-bond acceptors (Lipinski definition) is 2. The molecule has 4 heteroatoms. The number of sulfonamides is 1. The molecule has 0 aromatic heterocycles. The standard InChI is InChI=1S/C14H21NO2S/c1-2-18(16,17)15-11-7-6-10-14(12-15)13-8-4-3-5-9-13/h3-5,8-9,14H,2,6-7,10-12H2,1H3. The highest BCUT2D eigenvalue weighted by molar-refractivity contribution is 7.89. The topological polar surface area (TPSA) is 37.4 Å². The van der Waals surface area contributed by atoms with E-state index in [1.54, 1.807) is 11.2 Å². The first-order valence-electron chi connectivity index (χ1n) is 6.66. The van der Waals surface area contributed by atoms with Gasteiger partial charge in [0.25, 0.3) is 0 Å². The summed E-state index contributed by atoms with van der Waals surface area (Å²) < 4.78 is 25.7. The third kappa shape index (κ3) is 3.12. The number of hydrogen-bond donors (Lipinski definition) is 0. The van der Waals surface area contributed by atoms with E-state index < -0.39 is 10.0 Å². The van der Waals surface area contributed by atoms with Crippen molar-refractivity contribution in [1.29, 1.82) is 0 Å². The second-order valence-corrected chi connectivity index (χ2v) is 7.12. The van der Waals surface area contributed by atoms with Crippen molar-refractivity contribution in [1.82, 2.24) is 4.31 Å². The van der Waals surface area contributed by atoms with Crippen LogP contribution < -0.4 is 0 Å². The van der Waals surface area contributed by atoms with Crippen molar-refractivity contribution in [2.24, 2.45) is 0 Å². The highest BCUT2D eigenvalue weighted by Crippen LogP contribution is 2.27. The fourth-order valence-electron chi connectivity index (χ4n) is 2.54. The Balaban J connectivity index is 2.18. The van der Waals surface area contributed by atoms with E-state index in [2.05, 4.69) is 12.1 Å². The summed E-state index contributed by atoms with van der Waals surface area (Å²) in [7, 11) is -3.05. The molecule has 0 amide bonds. The van der Waals surface area contributed by atoms with Gasteiger partial charge in [0, 0.05) is 13.1 Å². The van der Waals surface area contributed by atoms with Crippen LogP contribution in [0.3, 0.4) is 0 Å². The molecule has 1 aromatic rings. The summed E-state index contributed by atoms with van der Waals surface area (Å²) in [4.78, 5) is 0. The smallest absolute Gasteiger partial charge is 0.212 e. The molecule has 0 bridgehead atoms. The Kier molecular flexibility index (Phi) is 4.40. The summed E-state index contributed by atoms with van der Waals surface area (Å²) in [6.07, 6.45) is 3.16. The third-order valence-corrected chi connectivity index (χ3v) is 5.51. The van der Waals surface area contributed by atoms with Gasteiger partial charge < -0.3 is 0 Å². The third-order valence-electron chi connectivity index (χ3n) is 3.66. The predicted molar refractivity (Wildman–Crippen MR) is 74.1 cm³/mol. The molecule has 0 radical (unpaired) electrons. The molecule has 1 atom stereocenters. The largest absolute Gasteiger partial charge is 0.213 e. The highest BCUT2D eigenvalue weighted by Gasteiger charge is 2.26. The minimum Gasteiger partial charge on any atom is -0.212 e. The maximum Gasteiger partial charge on any atom is 0.213 e. The zero-order chi connectivity index (χ0) is 13.0. The molecule has 0 aliphatic carbocycles. The molecule has 1 fully saturated rings. The van der Waals surface area contributed by atoms with Gasteiger partial charge in [-0.1, -0.05) is 36.8 Å². The van der Waals surface area contributed by atoms with E-state index in [1.807, 2.05) is 18.2 Å². The van der Waals surface area contributed by atoms with Crippen molar-refractivity contribution in [3.05, 3.63) is 35.9 Å². The van der Waals surface area contributed by atoms with E-state index in [0.29, 0.717) is 19.0 Å². The van der Waals surface area contributed by atoms with Crippen molar-refractivity contribution in [3.8, 4) is 0 Å². The first kappa shape index (κ1) is 13.6. The Morgan fingerprint density at radius 1 is 1.22 bits per heavy atom. The van der Waals surface area contributed by atoms with Crippen LogP contribution in [0.25, 0.3) is 0 Å². The Morgan fingerprint density at radius 2 is 1.94 bits per heavy atom. The second-order valence-electron chi connectivity index (χ2n) is 4.86. The van der Waals surface area contributed by atoms with Gasteiger partial charge in [0.15, 0.2) is 0 Å². The molecule has 1 aromatic carbocycles. The SMILES string of the molecule is CCS(=O)(=O)N1CCCCC(c2ccccc2)C1. The molecule has 100 valence electrons. The quantitative estimate of drug-likeness (QED) is 0.844. The van der Waals surface area contributed by atoms with Crippen LogP contribution in [0.15, 0.2) is 30.3 Å². The minimum absolute atomic E-state index is 0.203. The predicted octanol–water partition coefficient (Wildman–Crippen LogP) is 2.61. The first-order chi connectivity index (χ1) is 8.63. The Bertz CT molecular complexity index is 470. The van der Waals surface area contributed by atoms with Crippen molar-refractivity contribution in [2.45, 2.75) is 32.1 Å². The number of nitrogens with zero attached hydrogens (tertiary/aromatic N) is 1. The molecular weight excluding hydrogens is 246 g/mol. The van der Waals surface area contributed by atoms with Crippen LogP contribution in [-0.4, -0.2) is 31.6 Å². The number of rotatable bonds is 3. The van der Waals surface area contributed by atoms with E-state index in [1.165, 1.54) is 5.56 Å². The molecule has 0 spiro atoms. The van der Waals surface area contributed by atoms with Crippen molar-refractivity contribution in [3.63, 3.8) is 0 Å². The summed E-state index contributed by atoms with van der Waals surface area (Å²) in [5.41, 5.74) is 1.26. The lowest BCUT2D eigenvalue weighted by molar-refractivity contribution is 0.407. The van der Waals surface area contributed by atoms with Gasteiger partial charge in [-0.15, -0.1) is 0 Å². The average molecular weight is 267 g/mol. The molecule has 1 heterocycles. The molecule has 1 aliphatic heterocycles. The lowest BCUT2D eigenvalue weighted by Gasteiger charge is -2.23. The molecule has 1 aliphatic rings. The van der Waals surface area contributed by atoms with Crippen molar-refractivity contribution >= 4 is 10.0 Å². The van der Waals surface area contributed by atoms with Crippen molar-refractivity contribution < 1.29 is 8.42 Å². The summed E-state index contributed by atoms with van der Waals surface area (Å²) in [5, 5.41) is 0. The molecule has 18 heavy (non-hydrogen) atoms. The minimum atomic E-state index is -3.05. The van der Waals surface area contributed by atoms with E-state index in [-0.39, 0.29) is 5.75 Å². The van der Waals surface area contributed by atoms with Crippen LogP contribution in [0.1, 0.15) is 37.7 Å². The summed E-state index contributed by atoms with van der Waals surface area (Å²) >= 11 is 0. The van der Waals surface area contributed by atoms with Gasteiger partial charge in [0.2, 0.25) is 10.0 Å². The maximum atomic E-state index is 12.0. The van der Waals surface area contributed by atoms with E-state index >= 15 is 0 Å². The molecule has 0 saturated carbocycles.